The molecule has 6 heteroatoms. The van der Waals surface area contributed by atoms with E-state index in [4.69, 9.17) is 0 Å². The molecule has 3 heterocycles. The number of hydrogen-bond acceptors (Lipinski definition) is 5. The van der Waals surface area contributed by atoms with E-state index in [0.29, 0.717) is 0 Å². The quantitative estimate of drug-likeness (QED) is 0.932. The van der Waals surface area contributed by atoms with Gasteiger partial charge in [0.1, 0.15) is 11.6 Å². The molecule has 132 valence electrons. The summed E-state index contributed by atoms with van der Waals surface area (Å²) < 4.78 is 0. The molecule has 6 nitrogen and oxygen atoms in total. The highest BCUT2D eigenvalue weighted by molar-refractivity contribution is 5.94. The molecule has 1 aliphatic heterocycles. The lowest BCUT2D eigenvalue weighted by atomic mass is 9.96. The fourth-order valence-electron chi connectivity index (χ4n) is 2.67. The van der Waals surface area contributed by atoms with Gasteiger partial charge in [-0.3, -0.25) is 4.79 Å². The van der Waals surface area contributed by atoms with Gasteiger partial charge < -0.3 is 15.1 Å². The predicted molar refractivity (Wildman–Crippen MR) is 101 cm³/mol. The molecule has 0 aliphatic carbocycles. The Morgan fingerprint density at radius 2 is 1.60 bits per heavy atom. The van der Waals surface area contributed by atoms with E-state index in [2.05, 4.69) is 25.1 Å². The molecule has 0 aromatic carbocycles. The van der Waals surface area contributed by atoms with Crippen molar-refractivity contribution in [3.63, 3.8) is 0 Å². The van der Waals surface area contributed by atoms with E-state index in [1.807, 2.05) is 57.3 Å². The number of carbonyl (C=O) groups is 1. The number of piperazine rings is 1. The van der Waals surface area contributed by atoms with Crippen LogP contribution in [0, 0.1) is 5.41 Å². The molecule has 2 aromatic heterocycles. The number of anilines is 3. The predicted octanol–water partition coefficient (Wildman–Crippen LogP) is 2.79. The van der Waals surface area contributed by atoms with E-state index in [9.17, 15) is 4.79 Å². The van der Waals surface area contributed by atoms with Crippen LogP contribution in [0.4, 0.5) is 17.3 Å². The van der Waals surface area contributed by atoms with E-state index in [-0.39, 0.29) is 5.91 Å². The Balaban J connectivity index is 1.58. The standard InChI is InChI=1S/C19H25N5O/c1-19(2,3)18(25)22-15-7-8-17(21-14-15)24-12-10-23(11-13-24)16-6-4-5-9-20-16/h4-9,14H,10-13H2,1-3H3,(H,22,25). The number of nitrogens with zero attached hydrogens (tertiary/aromatic N) is 4. The molecular weight excluding hydrogens is 314 g/mol. The molecule has 1 fully saturated rings. The first-order valence-corrected chi connectivity index (χ1v) is 8.62. The molecule has 0 radical (unpaired) electrons. The van der Waals surface area contributed by atoms with Gasteiger partial charge in [0.05, 0.1) is 11.9 Å². The molecule has 0 saturated carbocycles. The van der Waals surface area contributed by atoms with Crippen molar-refractivity contribution in [2.75, 3.05) is 41.3 Å². The first-order valence-electron chi connectivity index (χ1n) is 8.62. The molecule has 1 N–H and O–H groups in total. The monoisotopic (exact) mass is 339 g/mol. The van der Waals surface area contributed by atoms with Gasteiger partial charge in [-0.15, -0.1) is 0 Å². The molecule has 0 bridgehead atoms. The first kappa shape index (κ1) is 17.2. The van der Waals surface area contributed by atoms with E-state index in [1.165, 1.54) is 0 Å². The van der Waals surface area contributed by atoms with E-state index < -0.39 is 5.41 Å². The van der Waals surface area contributed by atoms with E-state index in [1.54, 1.807) is 6.20 Å². The van der Waals surface area contributed by atoms with Crippen molar-refractivity contribution in [3.8, 4) is 0 Å². The van der Waals surface area contributed by atoms with E-state index in [0.717, 1.165) is 43.5 Å². The minimum absolute atomic E-state index is 0.00831. The highest BCUT2D eigenvalue weighted by atomic mass is 16.2. The minimum atomic E-state index is -0.416. The summed E-state index contributed by atoms with van der Waals surface area (Å²) >= 11 is 0. The van der Waals surface area contributed by atoms with Crippen LogP contribution in [-0.4, -0.2) is 42.1 Å². The summed E-state index contributed by atoms with van der Waals surface area (Å²) in [6.07, 6.45) is 3.55. The molecule has 1 saturated heterocycles. The lowest BCUT2D eigenvalue weighted by Crippen LogP contribution is -2.47. The molecular formula is C19H25N5O. The van der Waals surface area contributed by atoms with Gasteiger partial charge in [-0.05, 0) is 24.3 Å². The zero-order valence-electron chi connectivity index (χ0n) is 15.1. The highest BCUT2D eigenvalue weighted by Gasteiger charge is 2.22. The van der Waals surface area contributed by atoms with Crippen molar-refractivity contribution in [2.24, 2.45) is 5.41 Å². The largest absolute Gasteiger partial charge is 0.353 e. The Morgan fingerprint density at radius 1 is 0.960 bits per heavy atom. The summed E-state index contributed by atoms with van der Waals surface area (Å²) in [5.74, 6) is 1.95. The number of carbonyl (C=O) groups excluding carboxylic acids is 1. The number of nitrogens with one attached hydrogen (secondary N) is 1. The molecule has 25 heavy (non-hydrogen) atoms. The number of amides is 1. The van der Waals surface area contributed by atoms with Crippen LogP contribution in [0.15, 0.2) is 42.7 Å². The Morgan fingerprint density at radius 3 is 2.08 bits per heavy atom. The SMILES string of the molecule is CC(C)(C)C(=O)Nc1ccc(N2CCN(c3ccccn3)CC2)nc1. The number of rotatable bonds is 3. The second kappa shape index (κ2) is 7.09. The van der Waals surface area contributed by atoms with Gasteiger partial charge in [-0.1, -0.05) is 26.8 Å². The Hall–Kier alpha value is -2.63. The maximum atomic E-state index is 12.0. The third-order valence-electron chi connectivity index (χ3n) is 4.26. The average Bonchev–Trinajstić information content (AvgIpc) is 2.62. The van der Waals surface area contributed by atoms with Crippen LogP contribution < -0.4 is 15.1 Å². The lowest BCUT2D eigenvalue weighted by Gasteiger charge is -2.36. The lowest BCUT2D eigenvalue weighted by molar-refractivity contribution is -0.123. The van der Waals surface area contributed by atoms with Crippen molar-refractivity contribution >= 4 is 23.2 Å². The molecule has 0 spiro atoms. The topological polar surface area (TPSA) is 61.4 Å². The third-order valence-corrected chi connectivity index (χ3v) is 4.26. The molecule has 0 atom stereocenters. The van der Waals surface area contributed by atoms with Crippen LogP contribution in [-0.2, 0) is 4.79 Å². The van der Waals surface area contributed by atoms with E-state index >= 15 is 0 Å². The summed E-state index contributed by atoms with van der Waals surface area (Å²) in [5, 5.41) is 2.90. The molecule has 3 rings (SSSR count). The number of aromatic nitrogens is 2. The highest BCUT2D eigenvalue weighted by Crippen LogP contribution is 2.20. The zero-order valence-corrected chi connectivity index (χ0v) is 15.1. The van der Waals surface area contributed by atoms with Gasteiger partial charge >= 0.3 is 0 Å². The smallest absolute Gasteiger partial charge is 0.229 e. The molecule has 0 unspecified atom stereocenters. The molecule has 1 aliphatic rings. The summed E-state index contributed by atoms with van der Waals surface area (Å²) in [5.41, 5.74) is 0.316. The maximum absolute atomic E-state index is 12.0. The average molecular weight is 339 g/mol. The maximum Gasteiger partial charge on any atom is 0.229 e. The fourth-order valence-corrected chi connectivity index (χ4v) is 2.67. The van der Waals surface area contributed by atoms with Crippen LogP contribution in [0.3, 0.4) is 0 Å². The van der Waals surface area contributed by atoms with Crippen LogP contribution in [0.25, 0.3) is 0 Å². The summed E-state index contributed by atoms with van der Waals surface area (Å²) in [6, 6.07) is 9.87. The van der Waals surface area contributed by atoms with Crippen molar-refractivity contribution in [1.82, 2.24) is 9.97 Å². The molecule has 1 amide bonds. The number of hydrogen-bond donors (Lipinski definition) is 1. The van der Waals surface area contributed by atoms with Crippen molar-refractivity contribution in [1.29, 1.82) is 0 Å². The first-order chi connectivity index (χ1) is 11.9. The van der Waals surface area contributed by atoms with Crippen LogP contribution in [0.2, 0.25) is 0 Å². The Bertz CT molecular complexity index is 701. The second-order valence-corrected chi connectivity index (χ2v) is 7.27. The summed E-state index contributed by atoms with van der Waals surface area (Å²) in [7, 11) is 0. The number of pyridine rings is 2. The van der Waals surface area contributed by atoms with Gasteiger partial charge in [-0.25, -0.2) is 9.97 Å². The van der Waals surface area contributed by atoms with Gasteiger partial charge in [0.2, 0.25) is 5.91 Å². The van der Waals surface area contributed by atoms with Crippen molar-refractivity contribution in [3.05, 3.63) is 42.7 Å². The fraction of sp³-hybridized carbons (Fsp3) is 0.421. The zero-order chi connectivity index (χ0) is 17.9. The Labute approximate surface area is 148 Å². The van der Waals surface area contributed by atoms with Crippen LogP contribution >= 0.6 is 0 Å². The summed E-state index contributed by atoms with van der Waals surface area (Å²) in [6.45, 7) is 9.32. The van der Waals surface area contributed by atoms with Gasteiger partial charge in [0.15, 0.2) is 0 Å². The minimum Gasteiger partial charge on any atom is -0.353 e. The van der Waals surface area contributed by atoms with Crippen LogP contribution in [0.5, 0.6) is 0 Å². The van der Waals surface area contributed by atoms with Gasteiger partial charge in [-0.2, -0.15) is 0 Å². The second-order valence-electron chi connectivity index (χ2n) is 7.27. The van der Waals surface area contributed by atoms with Gasteiger partial charge in [0.25, 0.3) is 0 Å². The van der Waals surface area contributed by atoms with Crippen LogP contribution in [0.1, 0.15) is 20.8 Å². The third kappa shape index (κ3) is 4.26. The van der Waals surface area contributed by atoms with Crippen molar-refractivity contribution in [2.45, 2.75) is 20.8 Å². The van der Waals surface area contributed by atoms with Gasteiger partial charge in [0, 0.05) is 37.8 Å². The summed E-state index contributed by atoms with van der Waals surface area (Å²) in [4.78, 5) is 25.5. The Kier molecular flexibility index (Phi) is 4.88. The van der Waals surface area contributed by atoms with Crippen molar-refractivity contribution < 1.29 is 4.79 Å². The molecule has 2 aromatic rings. The normalized spacial score (nSPS) is 15.2.